The number of thiophene rings is 1. The Kier molecular flexibility index (Phi) is 4.95. The molecule has 1 aromatic carbocycles. The van der Waals surface area contributed by atoms with Gasteiger partial charge in [0.1, 0.15) is 5.69 Å². The maximum absolute atomic E-state index is 11.8. The second kappa shape index (κ2) is 7.30. The van der Waals surface area contributed by atoms with Gasteiger partial charge in [0.25, 0.3) is 0 Å². The second-order valence-corrected chi connectivity index (χ2v) is 6.16. The van der Waals surface area contributed by atoms with E-state index in [1.807, 2.05) is 46.6 Å². The summed E-state index contributed by atoms with van der Waals surface area (Å²) in [7, 11) is 0. The van der Waals surface area contributed by atoms with E-state index < -0.39 is 0 Å². The van der Waals surface area contributed by atoms with Gasteiger partial charge in [0.05, 0.1) is 22.1 Å². The third kappa shape index (κ3) is 4.12. The third-order valence-corrected chi connectivity index (χ3v) is 4.38. The van der Waals surface area contributed by atoms with Gasteiger partial charge in [-0.15, -0.1) is 11.3 Å². The molecule has 0 saturated heterocycles. The molecule has 118 valence electrons. The molecule has 3 rings (SSSR count). The Morgan fingerprint density at radius 1 is 1.22 bits per heavy atom. The number of nitrogens with one attached hydrogen (secondary N) is 2. The average Bonchev–Trinajstić information content (AvgIpc) is 3.20. The first-order valence-electron chi connectivity index (χ1n) is 7.09. The molecule has 2 N–H and O–H groups in total. The molecule has 0 radical (unpaired) electrons. The molecule has 23 heavy (non-hydrogen) atoms. The zero-order valence-electron chi connectivity index (χ0n) is 12.2. The molecule has 0 aliphatic rings. The molecule has 5 nitrogen and oxygen atoms in total. The Hall–Kier alpha value is -2.31. The highest BCUT2D eigenvalue weighted by Gasteiger charge is 2.05. The molecule has 0 spiro atoms. The van der Waals surface area contributed by atoms with E-state index >= 15 is 0 Å². The summed E-state index contributed by atoms with van der Waals surface area (Å²) in [6, 6.07) is 12.8. The summed E-state index contributed by atoms with van der Waals surface area (Å²) in [5, 5.41) is 12.5. The predicted octanol–water partition coefficient (Wildman–Crippen LogP) is 4.09. The van der Waals surface area contributed by atoms with Crippen LogP contribution in [0.4, 0.5) is 10.5 Å². The molecule has 7 heteroatoms. The molecular weight excluding hydrogens is 332 g/mol. The summed E-state index contributed by atoms with van der Waals surface area (Å²) < 4.78 is 1.81. The van der Waals surface area contributed by atoms with E-state index in [-0.39, 0.29) is 6.03 Å². The van der Waals surface area contributed by atoms with E-state index in [0.29, 0.717) is 23.8 Å². The molecule has 0 bridgehead atoms. The number of halogens is 1. The van der Waals surface area contributed by atoms with Crippen molar-refractivity contribution in [2.75, 3.05) is 11.9 Å². The van der Waals surface area contributed by atoms with Gasteiger partial charge in [-0.25, -0.2) is 4.79 Å². The van der Waals surface area contributed by atoms with E-state index in [9.17, 15) is 4.79 Å². The summed E-state index contributed by atoms with van der Waals surface area (Å²) in [4.78, 5) is 13.0. The van der Waals surface area contributed by atoms with E-state index in [4.69, 9.17) is 11.6 Å². The van der Waals surface area contributed by atoms with E-state index in [0.717, 1.165) is 10.6 Å². The minimum atomic E-state index is -0.288. The highest BCUT2D eigenvalue weighted by atomic mass is 35.5. The van der Waals surface area contributed by atoms with Gasteiger partial charge in [0.15, 0.2) is 0 Å². The lowest BCUT2D eigenvalue weighted by Gasteiger charge is -2.08. The number of rotatable bonds is 5. The van der Waals surface area contributed by atoms with Crippen LogP contribution >= 0.6 is 22.9 Å². The normalized spacial score (nSPS) is 10.5. The number of amides is 2. The van der Waals surface area contributed by atoms with Crippen LogP contribution in [0.3, 0.4) is 0 Å². The lowest BCUT2D eigenvalue weighted by Crippen LogP contribution is -2.31. The largest absolute Gasteiger partial charge is 0.336 e. The Labute approximate surface area is 142 Å². The van der Waals surface area contributed by atoms with Crippen molar-refractivity contribution in [2.24, 2.45) is 0 Å². The van der Waals surface area contributed by atoms with E-state index in [2.05, 4.69) is 15.7 Å². The van der Waals surface area contributed by atoms with Crippen LogP contribution in [0.2, 0.25) is 5.02 Å². The zero-order valence-corrected chi connectivity index (χ0v) is 13.8. The monoisotopic (exact) mass is 346 g/mol. The van der Waals surface area contributed by atoms with Gasteiger partial charge in [0.2, 0.25) is 0 Å². The van der Waals surface area contributed by atoms with E-state index in [1.165, 1.54) is 0 Å². The molecule has 0 aliphatic carbocycles. The van der Waals surface area contributed by atoms with Gasteiger partial charge in [-0.1, -0.05) is 29.8 Å². The fraction of sp³-hybridized carbons (Fsp3) is 0.125. The minimum absolute atomic E-state index is 0.288. The van der Waals surface area contributed by atoms with Gasteiger partial charge in [-0.3, -0.25) is 4.68 Å². The number of carbonyl (C=O) groups excluding carboxylic acids is 1. The van der Waals surface area contributed by atoms with E-state index in [1.54, 1.807) is 23.5 Å². The van der Waals surface area contributed by atoms with Crippen LogP contribution in [-0.4, -0.2) is 22.4 Å². The quantitative estimate of drug-likeness (QED) is 0.731. The van der Waals surface area contributed by atoms with Crippen molar-refractivity contribution in [1.29, 1.82) is 0 Å². The molecule has 0 aliphatic heterocycles. The molecule has 0 fully saturated rings. The van der Waals surface area contributed by atoms with Gasteiger partial charge in [0, 0.05) is 12.7 Å². The number of aromatic nitrogens is 2. The average molecular weight is 347 g/mol. The first kappa shape index (κ1) is 15.6. The molecule has 2 heterocycles. The molecule has 0 atom stereocenters. The van der Waals surface area contributed by atoms with Crippen LogP contribution in [0.25, 0.3) is 10.6 Å². The van der Waals surface area contributed by atoms with Crippen LogP contribution in [0.1, 0.15) is 0 Å². The first-order valence-corrected chi connectivity index (χ1v) is 8.35. The predicted molar refractivity (Wildman–Crippen MR) is 94.0 cm³/mol. The second-order valence-electron chi connectivity index (χ2n) is 4.80. The highest BCUT2D eigenvalue weighted by molar-refractivity contribution is 7.13. The van der Waals surface area contributed by atoms with Crippen LogP contribution in [-0.2, 0) is 6.54 Å². The molecular formula is C16H15ClN4OS. The summed E-state index contributed by atoms with van der Waals surface area (Å²) in [6.07, 6.45) is 1.91. The number of hydrogen-bond acceptors (Lipinski definition) is 3. The maximum Gasteiger partial charge on any atom is 0.319 e. The molecule has 3 aromatic rings. The third-order valence-electron chi connectivity index (χ3n) is 3.16. The van der Waals surface area contributed by atoms with Crippen LogP contribution < -0.4 is 10.6 Å². The molecule has 2 amide bonds. The lowest BCUT2D eigenvalue weighted by atomic mass is 10.3. The summed E-state index contributed by atoms with van der Waals surface area (Å²) >= 11 is 7.65. The van der Waals surface area contributed by atoms with Gasteiger partial charge in [-0.2, -0.15) is 5.10 Å². The van der Waals surface area contributed by atoms with Crippen molar-refractivity contribution in [3.05, 3.63) is 59.1 Å². The van der Waals surface area contributed by atoms with Crippen LogP contribution in [0.5, 0.6) is 0 Å². The Morgan fingerprint density at radius 3 is 2.87 bits per heavy atom. The molecule has 2 aromatic heterocycles. The number of carbonyl (C=O) groups is 1. The van der Waals surface area contributed by atoms with Crippen LogP contribution in [0, 0.1) is 0 Å². The van der Waals surface area contributed by atoms with Gasteiger partial charge in [-0.05, 0) is 29.6 Å². The fourth-order valence-corrected chi connectivity index (χ4v) is 2.93. The van der Waals surface area contributed by atoms with Crippen molar-refractivity contribution in [2.45, 2.75) is 6.54 Å². The molecule has 0 unspecified atom stereocenters. The Bertz CT molecular complexity index is 785. The number of hydrogen-bond donors (Lipinski definition) is 2. The van der Waals surface area contributed by atoms with Crippen molar-refractivity contribution in [1.82, 2.24) is 15.1 Å². The topological polar surface area (TPSA) is 59.0 Å². The maximum atomic E-state index is 11.8. The SMILES string of the molecule is O=C(NCCn1ccc(-c2cccs2)n1)Nc1ccccc1Cl. The first-order chi connectivity index (χ1) is 11.2. The minimum Gasteiger partial charge on any atom is -0.336 e. The van der Waals surface area contributed by atoms with Crippen molar-refractivity contribution >= 4 is 34.7 Å². The number of urea groups is 1. The number of para-hydroxylation sites is 1. The number of benzene rings is 1. The van der Waals surface area contributed by atoms with Crippen LogP contribution in [0.15, 0.2) is 54.0 Å². The number of nitrogens with zero attached hydrogens (tertiary/aromatic N) is 2. The summed E-state index contributed by atoms with van der Waals surface area (Å²) in [5.74, 6) is 0. The van der Waals surface area contributed by atoms with Crippen molar-refractivity contribution in [3.63, 3.8) is 0 Å². The number of anilines is 1. The highest BCUT2D eigenvalue weighted by Crippen LogP contribution is 2.22. The van der Waals surface area contributed by atoms with Crippen molar-refractivity contribution < 1.29 is 4.79 Å². The molecule has 0 saturated carbocycles. The van der Waals surface area contributed by atoms with Gasteiger partial charge < -0.3 is 10.6 Å². The Balaban J connectivity index is 1.48. The smallest absolute Gasteiger partial charge is 0.319 e. The summed E-state index contributed by atoms with van der Waals surface area (Å²) in [5.41, 5.74) is 1.53. The zero-order chi connectivity index (χ0) is 16.1. The lowest BCUT2D eigenvalue weighted by molar-refractivity contribution is 0.251. The summed E-state index contributed by atoms with van der Waals surface area (Å²) in [6.45, 7) is 1.07. The standard InChI is InChI=1S/C16H15ClN4OS/c17-12-4-1-2-5-13(12)19-16(22)18-8-10-21-9-7-14(20-21)15-6-3-11-23-15/h1-7,9,11H,8,10H2,(H2,18,19,22). The van der Waals surface area contributed by atoms with Crippen molar-refractivity contribution in [3.8, 4) is 10.6 Å². The Morgan fingerprint density at radius 2 is 2.09 bits per heavy atom. The van der Waals surface area contributed by atoms with Gasteiger partial charge >= 0.3 is 6.03 Å². The fourth-order valence-electron chi connectivity index (χ4n) is 2.06.